The summed E-state index contributed by atoms with van der Waals surface area (Å²) in [6.07, 6.45) is 1.12. The molecule has 5 nitrogen and oxygen atoms in total. The maximum atomic E-state index is 5.25. The summed E-state index contributed by atoms with van der Waals surface area (Å²) in [7, 11) is 3.21. The number of aromatic nitrogens is 2. The van der Waals surface area contributed by atoms with E-state index in [4.69, 9.17) is 4.74 Å². The summed E-state index contributed by atoms with van der Waals surface area (Å²) in [6, 6.07) is 0. The summed E-state index contributed by atoms with van der Waals surface area (Å²) in [5.74, 6) is 0. The molecule has 1 aromatic rings. The second-order valence-corrected chi connectivity index (χ2v) is 3.37. The molecule has 2 heterocycles. The number of ether oxygens (including phenoxy) is 1. The lowest BCUT2D eigenvalue weighted by Gasteiger charge is -2.15. The van der Waals surface area contributed by atoms with Crippen molar-refractivity contribution < 1.29 is 4.74 Å². The Labute approximate surface area is 90.4 Å². The van der Waals surface area contributed by atoms with Gasteiger partial charge in [0.1, 0.15) is 0 Å². The van der Waals surface area contributed by atoms with Crippen LogP contribution in [0.1, 0.15) is 30.0 Å². The van der Waals surface area contributed by atoms with Crippen LogP contribution in [0.4, 0.5) is 0 Å². The summed E-state index contributed by atoms with van der Waals surface area (Å²) < 4.78 is 5.25. The van der Waals surface area contributed by atoms with Gasteiger partial charge < -0.3 is 15.8 Å². The fourth-order valence-electron chi connectivity index (χ4n) is 1.70. The highest BCUT2D eigenvalue weighted by atomic mass is 16.5. The van der Waals surface area contributed by atoms with Crippen molar-refractivity contribution in [3.63, 3.8) is 0 Å². The van der Waals surface area contributed by atoms with Crippen LogP contribution in [0.3, 0.4) is 0 Å². The lowest BCUT2D eigenvalue weighted by molar-refractivity contribution is 0.115. The van der Waals surface area contributed by atoms with Crippen LogP contribution >= 0.6 is 0 Å². The molecule has 1 aliphatic heterocycles. The van der Waals surface area contributed by atoms with E-state index in [0.717, 1.165) is 25.2 Å². The van der Waals surface area contributed by atoms with Crippen LogP contribution < -0.4 is 11.1 Å². The van der Waals surface area contributed by atoms with Crippen molar-refractivity contribution in [3.05, 3.63) is 17.0 Å². The van der Waals surface area contributed by atoms with Crippen LogP contribution in [0.15, 0.2) is 0 Å². The molecule has 5 heteroatoms. The molecule has 0 fully saturated rings. The Hall–Kier alpha value is -0.910. The van der Waals surface area contributed by atoms with E-state index >= 15 is 0 Å². The van der Waals surface area contributed by atoms with E-state index in [1.54, 1.807) is 7.11 Å². The minimum atomic E-state index is 0.0832. The monoisotopic (exact) mass is 212 g/mol. The van der Waals surface area contributed by atoms with Gasteiger partial charge in [0.2, 0.25) is 0 Å². The Bertz CT molecular complexity index is 298. The first kappa shape index (κ1) is 12.2. The standard InChI is InChI=1S/C9H15N3O.CH5N/c1-6(13-2)9-7-5-10-4-3-8(7)11-12-9;1-2/h6,10H,3-5H2,1-2H3,(H,11,12);2H2,1H3. The van der Waals surface area contributed by atoms with E-state index < -0.39 is 0 Å². The van der Waals surface area contributed by atoms with Crippen molar-refractivity contribution in [3.8, 4) is 0 Å². The second-order valence-electron chi connectivity index (χ2n) is 3.37. The summed E-state index contributed by atoms with van der Waals surface area (Å²) in [4.78, 5) is 0. The van der Waals surface area contributed by atoms with Crippen LogP contribution in [0, 0.1) is 0 Å². The van der Waals surface area contributed by atoms with E-state index in [2.05, 4.69) is 21.2 Å². The van der Waals surface area contributed by atoms with Crippen molar-refractivity contribution in [2.24, 2.45) is 5.73 Å². The zero-order chi connectivity index (χ0) is 11.3. The second kappa shape index (κ2) is 5.85. The fourth-order valence-corrected chi connectivity index (χ4v) is 1.70. The smallest absolute Gasteiger partial charge is 0.0984 e. The highest BCUT2D eigenvalue weighted by Gasteiger charge is 2.19. The van der Waals surface area contributed by atoms with Gasteiger partial charge >= 0.3 is 0 Å². The number of methoxy groups -OCH3 is 1. The van der Waals surface area contributed by atoms with Gasteiger partial charge in [0.15, 0.2) is 0 Å². The van der Waals surface area contributed by atoms with Crippen LogP contribution in [0.5, 0.6) is 0 Å². The molecule has 0 saturated carbocycles. The first-order valence-electron chi connectivity index (χ1n) is 5.20. The fraction of sp³-hybridized carbons (Fsp3) is 0.700. The average Bonchev–Trinajstić information content (AvgIpc) is 2.74. The number of nitrogens with one attached hydrogen (secondary N) is 2. The zero-order valence-corrected chi connectivity index (χ0v) is 9.63. The third kappa shape index (κ3) is 2.56. The van der Waals surface area contributed by atoms with E-state index in [9.17, 15) is 0 Å². The molecule has 0 spiro atoms. The molecule has 86 valence electrons. The molecular formula is C10H20N4O. The largest absolute Gasteiger partial charge is 0.375 e. The minimum absolute atomic E-state index is 0.0832. The van der Waals surface area contributed by atoms with Gasteiger partial charge in [-0.2, -0.15) is 5.10 Å². The molecule has 1 atom stereocenters. The number of nitrogens with zero attached hydrogens (tertiary/aromatic N) is 1. The Kier molecular flexibility index (Phi) is 4.74. The summed E-state index contributed by atoms with van der Waals surface area (Å²) >= 11 is 0. The Morgan fingerprint density at radius 1 is 1.47 bits per heavy atom. The van der Waals surface area contributed by atoms with Crippen LogP contribution in [0.25, 0.3) is 0 Å². The summed E-state index contributed by atoms with van der Waals surface area (Å²) in [5.41, 5.74) is 8.10. The van der Waals surface area contributed by atoms with Crippen LogP contribution in [-0.4, -0.2) is 30.9 Å². The van der Waals surface area contributed by atoms with Crippen molar-refractivity contribution in [2.75, 3.05) is 20.7 Å². The average molecular weight is 212 g/mol. The number of aromatic amines is 1. The van der Waals surface area contributed by atoms with E-state index in [1.807, 2.05) is 6.92 Å². The molecule has 1 aromatic heterocycles. The van der Waals surface area contributed by atoms with Gasteiger partial charge in [-0.1, -0.05) is 0 Å². The van der Waals surface area contributed by atoms with Gasteiger partial charge in [0.05, 0.1) is 11.8 Å². The highest BCUT2D eigenvalue weighted by molar-refractivity contribution is 5.28. The predicted octanol–water partition coefficient (Wildman–Crippen LogP) is 0.338. The Morgan fingerprint density at radius 3 is 2.87 bits per heavy atom. The van der Waals surface area contributed by atoms with Crippen molar-refractivity contribution >= 4 is 0 Å². The molecule has 15 heavy (non-hydrogen) atoms. The quantitative estimate of drug-likeness (QED) is 0.660. The van der Waals surface area contributed by atoms with Gasteiger partial charge in [0, 0.05) is 37.9 Å². The first-order chi connectivity index (χ1) is 7.33. The molecule has 1 unspecified atom stereocenters. The number of fused-ring (bicyclic) bond motifs is 1. The molecule has 0 bridgehead atoms. The number of rotatable bonds is 2. The van der Waals surface area contributed by atoms with Gasteiger partial charge in [0.25, 0.3) is 0 Å². The number of hydrogen-bond donors (Lipinski definition) is 3. The Balaban J connectivity index is 0.000000531. The number of H-pyrrole nitrogens is 1. The summed E-state index contributed by atoms with van der Waals surface area (Å²) in [5, 5.41) is 10.7. The molecule has 0 saturated heterocycles. The molecule has 1 aliphatic rings. The number of hydrogen-bond acceptors (Lipinski definition) is 4. The normalized spacial score (nSPS) is 16.3. The molecule has 0 aliphatic carbocycles. The van der Waals surface area contributed by atoms with E-state index in [1.165, 1.54) is 18.3 Å². The van der Waals surface area contributed by atoms with Crippen molar-refractivity contribution in [1.82, 2.24) is 15.5 Å². The molecule has 0 radical (unpaired) electrons. The maximum Gasteiger partial charge on any atom is 0.0984 e. The molecule has 2 rings (SSSR count). The zero-order valence-electron chi connectivity index (χ0n) is 9.63. The summed E-state index contributed by atoms with van der Waals surface area (Å²) in [6.45, 7) is 3.97. The third-order valence-corrected chi connectivity index (χ3v) is 2.58. The van der Waals surface area contributed by atoms with Crippen molar-refractivity contribution in [2.45, 2.75) is 26.0 Å². The maximum absolute atomic E-state index is 5.25. The number of nitrogens with two attached hydrogens (primary N) is 1. The van der Waals surface area contributed by atoms with E-state index in [0.29, 0.717) is 0 Å². The lowest BCUT2D eigenvalue weighted by atomic mass is 10.1. The first-order valence-corrected chi connectivity index (χ1v) is 5.20. The van der Waals surface area contributed by atoms with Gasteiger partial charge in [-0.25, -0.2) is 0 Å². The third-order valence-electron chi connectivity index (χ3n) is 2.58. The predicted molar refractivity (Wildman–Crippen MR) is 59.5 cm³/mol. The van der Waals surface area contributed by atoms with Gasteiger partial charge in [-0.3, -0.25) is 5.10 Å². The molecular weight excluding hydrogens is 192 g/mol. The van der Waals surface area contributed by atoms with Crippen LogP contribution in [-0.2, 0) is 17.7 Å². The highest BCUT2D eigenvalue weighted by Crippen LogP contribution is 2.22. The topological polar surface area (TPSA) is 76.0 Å². The minimum Gasteiger partial charge on any atom is -0.375 e. The van der Waals surface area contributed by atoms with Crippen molar-refractivity contribution in [1.29, 1.82) is 0 Å². The lowest BCUT2D eigenvalue weighted by Crippen LogP contribution is -2.24. The van der Waals surface area contributed by atoms with Gasteiger partial charge in [-0.15, -0.1) is 0 Å². The molecule has 0 aromatic carbocycles. The van der Waals surface area contributed by atoms with E-state index in [-0.39, 0.29) is 6.10 Å². The Morgan fingerprint density at radius 2 is 2.20 bits per heavy atom. The molecule has 4 N–H and O–H groups in total. The van der Waals surface area contributed by atoms with Gasteiger partial charge in [-0.05, 0) is 14.0 Å². The van der Waals surface area contributed by atoms with Crippen LogP contribution in [0.2, 0.25) is 0 Å². The SMILES string of the molecule is CN.COC(C)c1n[nH]c2c1CNCC2. The molecule has 0 amide bonds.